The Morgan fingerprint density at radius 1 is 1.58 bits per heavy atom. The summed E-state index contributed by atoms with van der Waals surface area (Å²) in [7, 11) is 0. The van der Waals surface area contributed by atoms with Crippen molar-refractivity contribution in [2.75, 3.05) is 25.6 Å². The molecule has 0 amide bonds. The van der Waals surface area contributed by atoms with Crippen LogP contribution in [0.2, 0.25) is 0 Å². The maximum atomic E-state index is 11.8. The minimum Gasteiger partial charge on any atom is -0.461 e. The molecule has 0 saturated carbocycles. The summed E-state index contributed by atoms with van der Waals surface area (Å²) >= 11 is 0. The number of hydrogen-bond donors (Lipinski definition) is 1. The number of pyridine rings is 1. The number of ether oxygens (including phenoxy) is 2. The molecule has 0 fully saturated rings. The van der Waals surface area contributed by atoms with Gasteiger partial charge in [0.05, 0.1) is 31.2 Å². The molecule has 1 aliphatic heterocycles. The van der Waals surface area contributed by atoms with Crippen molar-refractivity contribution in [3.63, 3.8) is 0 Å². The molecule has 2 N–H and O–H groups in total. The van der Waals surface area contributed by atoms with Crippen molar-refractivity contribution in [1.29, 1.82) is 0 Å². The molecule has 19 heavy (non-hydrogen) atoms. The summed E-state index contributed by atoms with van der Waals surface area (Å²) in [5.74, 6) is -0.408. The molecule has 0 atom stereocenters. The second-order valence-corrected chi connectivity index (χ2v) is 4.37. The minimum atomic E-state index is -0.408. The SMILES string of the molecule is CCOC(=O)c1nc(C2=CCOCC2)c(N)cc1C. The molecule has 1 aromatic heterocycles. The van der Waals surface area contributed by atoms with E-state index >= 15 is 0 Å². The average molecular weight is 262 g/mol. The molecule has 2 rings (SSSR count). The molecule has 0 saturated heterocycles. The smallest absolute Gasteiger partial charge is 0.357 e. The standard InChI is InChI=1S/C14H18N2O3/c1-3-19-14(17)12-9(2)8-11(15)13(16-12)10-4-6-18-7-5-10/h4,8H,3,5-7,15H2,1-2H3. The zero-order chi connectivity index (χ0) is 13.8. The molecule has 0 unspecified atom stereocenters. The lowest BCUT2D eigenvalue weighted by atomic mass is 10.0. The third-order valence-corrected chi connectivity index (χ3v) is 2.98. The summed E-state index contributed by atoms with van der Waals surface area (Å²) in [4.78, 5) is 16.2. The number of aryl methyl sites for hydroxylation is 1. The van der Waals surface area contributed by atoms with Gasteiger partial charge in [0.2, 0.25) is 0 Å². The van der Waals surface area contributed by atoms with Crippen LogP contribution in [0, 0.1) is 6.92 Å². The predicted molar refractivity (Wildman–Crippen MR) is 72.8 cm³/mol. The van der Waals surface area contributed by atoms with E-state index in [1.807, 2.05) is 6.08 Å². The van der Waals surface area contributed by atoms with E-state index in [2.05, 4.69) is 4.98 Å². The van der Waals surface area contributed by atoms with E-state index in [-0.39, 0.29) is 0 Å². The van der Waals surface area contributed by atoms with Crippen LogP contribution in [0.4, 0.5) is 5.69 Å². The van der Waals surface area contributed by atoms with Crippen molar-refractivity contribution in [2.24, 2.45) is 0 Å². The molecular formula is C14H18N2O3. The third kappa shape index (κ3) is 2.93. The van der Waals surface area contributed by atoms with Gasteiger partial charge in [-0.15, -0.1) is 0 Å². The zero-order valence-electron chi connectivity index (χ0n) is 11.2. The Hall–Kier alpha value is -1.88. The van der Waals surface area contributed by atoms with Gasteiger partial charge in [0.25, 0.3) is 0 Å². The Balaban J connectivity index is 2.41. The Labute approximate surface area is 112 Å². The average Bonchev–Trinajstić information content (AvgIpc) is 2.40. The number of nitrogens with zero attached hydrogens (tertiary/aromatic N) is 1. The van der Waals surface area contributed by atoms with Crippen molar-refractivity contribution in [2.45, 2.75) is 20.3 Å². The van der Waals surface area contributed by atoms with E-state index in [0.717, 1.165) is 17.6 Å². The molecule has 102 valence electrons. The topological polar surface area (TPSA) is 74.4 Å². The highest BCUT2D eigenvalue weighted by Gasteiger charge is 2.18. The number of esters is 1. The van der Waals surface area contributed by atoms with Crippen LogP contribution in [-0.4, -0.2) is 30.8 Å². The van der Waals surface area contributed by atoms with E-state index in [0.29, 0.717) is 36.9 Å². The highest BCUT2D eigenvalue weighted by atomic mass is 16.5. The van der Waals surface area contributed by atoms with E-state index in [4.69, 9.17) is 15.2 Å². The van der Waals surface area contributed by atoms with E-state index in [1.165, 1.54) is 0 Å². The maximum absolute atomic E-state index is 11.8. The second-order valence-electron chi connectivity index (χ2n) is 4.37. The first-order valence-corrected chi connectivity index (χ1v) is 6.35. The molecular weight excluding hydrogens is 244 g/mol. The molecule has 2 heterocycles. The van der Waals surface area contributed by atoms with Crippen LogP contribution in [0.5, 0.6) is 0 Å². The summed E-state index contributed by atoms with van der Waals surface area (Å²) in [5, 5.41) is 0. The van der Waals surface area contributed by atoms with Crippen LogP contribution in [0.1, 0.15) is 35.1 Å². The number of carbonyl (C=O) groups excluding carboxylic acids is 1. The monoisotopic (exact) mass is 262 g/mol. The van der Waals surface area contributed by atoms with Gasteiger partial charge in [-0.3, -0.25) is 0 Å². The molecule has 0 radical (unpaired) electrons. The van der Waals surface area contributed by atoms with Crippen molar-refractivity contribution in [1.82, 2.24) is 4.98 Å². The van der Waals surface area contributed by atoms with Gasteiger partial charge >= 0.3 is 5.97 Å². The molecule has 1 aliphatic rings. The molecule has 0 bridgehead atoms. The number of anilines is 1. The molecule has 0 aliphatic carbocycles. The quantitative estimate of drug-likeness (QED) is 0.843. The van der Waals surface area contributed by atoms with Gasteiger partial charge in [-0.05, 0) is 37.5 Å². The van der Waals surface area contributed by atoms with E-state index in [9.17, 15) is 4.79 Å². The fraction of sp³-hybridized carbons (Fsp3) is 0.429. The van der Waals surface area contributed by atoms with Crippen LogP contribution < -0.4 is 5.73 Å². The third-order valence-electron chi connectivity index (χ3n) is 2.98. The van der Waals surface area contributed by atoms with Crippen molar-refractivity contribution >= 4 is 17.2 Å². The van der Waals surface area contributed by atoms with Gasteiger partial charge < -0.3 is 15.2 Å². The van der Waals surface area contributed by atoms with Crippen LogP contribution in [0.15, 0.2) is 12.1 Å². The largest absolute Gasteiger partial charge is 0.461 e. The summed E-state index contributed by atoms with van der Waals surface area (Å²) in [6.45, 7) is 5.11. The summed E-state index contributed by atoms with van der Waals surface area (Å²) in [6, 6.07) is 1.77. The lowest BCUT2D eigenvalue weighted by molar-refractivity contribution is 0.0518. The molecule has 0 aromatic carbocycles. The first-order valence-electron chi connectivity index (χ1n) is 6.35. The van der Waals surface area contributed by atoms with Crippen molar-refractivity contribution in [3.8, 4) is 0 Å². The summed E-state index contributed by atoms with van der Waals surface area (Å²) in [5.41, 5.74) is 9.33. The maximum Gasteiger partial charge on any atom is 0.357 e. The lowest BCUT2D eigenvalue weighted by Gasteiger charge is -2.16. The van der Waals surface area contributed by atoms with Crippen LogP contribution in [0.25, 0.3) is 5.57 Å². The fourth-order valence-corrected chi connectivity index (χ4v) is 2.04. The molecule has 0 spiro atoms. The highest BCUT2D eigenvalue weighted by molar-refractivity contribution is 5.90. The van der Waals surface area contributed by atoms with Crippen molar-refractivity contribution < 1.29 is 14.3 Å². The first-order chi connectivity index (χ1) is 9.13. The minimum absolute atomic E-state index is 0.330. The molecule has 5 heteroatoms. The van der Waals surface area contributed by atoms with Gasteiger partial charge in [-0.2, -0.15) is 0 Å². The second kappa shape index (κ2) is 5.84. The number of aromatic nitrogens is 1. The fourth-order valence-electron chi connectivity index (χ4n) is 2.04. The normalized spacial score (nSPS) is 14.9. The van der Waals surface area contributed by atoms with Gasteiger partial charge in [0, 0.05) is 0 Å². The van der Waals surface area contributed by atoms with Crippen LogP contribution in [-0.2, 0) is 9.47 Å². The predicted octanol–water partition coefficient (Wildman–Crippen LogP) is 1.95. The lowest BCUT2D eigenvalue weighted by Crippen LogP contribution is -2.13. The number of nitrogens with two attached hydrogens (primary N) is 1. The Kier molecular flexibility index (Phi) is 4.16. The van der Waals surface area contributed by atoms with Gasteiger partial charge in [-0.25, -0.2) is 9.78 Å². The number of hydrogen-bond acceptors (Lipinski definition) is 5. The van der Waals surface area contributed by atoms with Gasteiger partial charge in [-0.1, -0.05) is 6.08 Å². The summed E-state index contributed by atoms with van der Waals surface area (Å²) in [6.07, 6.45) is 2.70. The Morgan fingerprint density at radius 2 is 2.37 bits per heavy atom. The number of nitrogen functional groups attached to an aromatic ring is 1. The van der Waals surface area contributed by atoms with E-state index in [1.54, 1.807) is 19.9 Å². The molecule has 1 aromatic rings. The summed E-state index contributed by atoms with van der Waals surface area (Å²) < 4.78 is 10.3. The van der Waals surface area contributed by atoms with Gasteiger partial charge in [0.15, 0.2) is 5.69 Å². The van der Waals surface area contributed by atoms with Crippen LogP contribution >= 0.6 is 0 Å². The molecule has 5 nitrogen and oxygen atoms in total. The van der Waals surface area contributed by atoms with Gasteiger partial charge in [0.1, 0.15) is 0 Å². The van der Waals surface area contributed by atoms with Crippen LogP contribution in [0.3, 0.4) is 0 Å². The highest BCUT2D eigenvalue weighted by Crippen LogP contribution is 2.26. The Bertz CT molecular complexity index is 524. The zero-order valence-corrected chi connectivity index (χ0v) is 11.2. The van der Waals surface area contributed by atoms with Crippen molar-refractivity contribution in [3.05, 3.63) is 29.1 Å². The first kappa shape index (κ1) is 13.5. The van der Waals surface area contributed by atoms with E-state index < -0.39 is 5.97 Å². The number of rotatable bonds is 3. The number of carbonyl (C=O) groups is 1. The Morgan fingerprint density at radius 3 is 3.00 bits per heavy atom.